The normalized spacial score (nSPS) is 11.9. The minimum atomic E-state index is -3.94. The van der Waals surface area contributed by atoms with Gasteiger partial charge in [-0.2, -0.15) is 0 Å². The molecule has 1 unspecified atom stereocenters. The number of benzene rings is 2. The largest absolute Gasteiger partial charge is 0.497 e. The Balaban J connectivity index is 1.61. The molecule has 0 bridgehead atoms. The van der Waals surface area contributed by atoms with Gasteiger partial charge in [0.15, 0.2) is 6.61 Å². The number of methoxy groups -OCH3 is 1. The number of esters is 1. The minimum Gasteiger partial charge on any atom is -0.497 e. The molecule has 1 aromatic heterocycles. The standard InChI is InChI=1S/C22H22N2O6S2/c1-15(20-7-4-12-31-20)23-21(25)14-30-22(26)16-5-3-6-19(13-16)32(27,28)24-17-8-10-18(29-2)11-9-17/h3-13,15,24H,14H2,1-2H3,(H,23,25). The molecule has 0 saturated heterocycles. The van der Waals surface area contributed by atoms with E-state index in [0.717, 1.165) is 4.88 Å². The quantitative estimate of drug-likeness (QED) is 0.459. The third kappa shape index (κ3) is 6.08. The van der Waals surface area contributed by atoms with E-state index in [2.05, 4.69) is 10.0 Å². The van der Waals surface area contributed by atoms with Gasteiger partial charge in [0.25, 0.3) is 15.9 Å². The molecule has 0 radical (unpaired) electrons. The number of anilines is 1. The lowest BCUT2D eigenvalue weighted by atomic mass is 10.2. The molecule has 8 nitrogen and oxygen atoms in total. The smallest absolute Gasteiger partial charge is 0.338 e. The number of hydrogen-bond donors (Lipinski definition) is 2. The van der Waals surface area contributed by atoms with Crippen LogP contribution in [0.4, 0.5) is 5.69 Å². The van der Waals surface area contributed by atoms with E-state index in [0.29, 0.717) is 11.4 Å². The molecule has 0 spiro atoms. The highest BCUT2D eigenvalue weighted by Gasteiger charge is 2.18. The minimum absolute atomic E-state index is 0.0155. The maximum absolute atomic E-state index is 12.7. The molecule has 0 fully saturated rings. The average molecular weight is 475 g/mol. The molecular formula is C22H22N2O6S2. The summed E-state index contributed by atoms with van der Waals surface area (Å²) >= 11 is 1.51. The molecule has 32 heavy (non-hydrogen) atoms. The summed E-state index contributed by atoms with van der Waals surface area (Å²) in [6, 6.07) is 15.3. The lowest BCUT2D eigenvalue weighted by Crippen LogP contribution is -2.30. The lowest BCUT2D eigenvalue weighted by molar-refractivity contribution is -0.124. The second-order valence-corrected chi connectivity index (χ2v) is 9.40. The van der Waals surface area contributed by atoms with Crippen LogP contribution in [0.25, 0.3) is 0 Å². The highest BCUT2D eigenvalue weighted by Crippen LogP contribution is 2.20. The third-order valence-corrected chi connectivity index (χ3v) is 6.84. The van der Waals surface area contributed by atoms with Gasteiger partial charge in [-0.1, -0.05) is 12.1 Å². The lowest BCUT2D eigenvalue weighted by Gasteiger charge is -2.13. The van der Waals surface area contributed by atoms with Gasteiger partial charge in [0.05, 0.1) is 23.6 Å². The van der Waals surface area contributed by atoms with Gasteiger partial charge in [-0.05, 0) is 60.8 Å². The van der Waals surface area contributed by atoms with Crippen molar-refractivity contribution in [3.8, 4) is 5.75 Å². The number of ether oxygens (including phenoxy) is 2. The maximum atomic E-state index is 12.7. The highest BCUT2D eigenvalue weighted by atomic mass is 32.2. The van der Waals surface area contributed by atoms with Gasteiger partial charge in [0, 0.05) is 10.6 Å². The molecule has 1 atom stereocenters. The van der Waals surface area contributed by atoms with Crippen LogP contribution >= 0.6 is 11.3 Å². The first-order valence-electron chi connectivity index (χ1n) is 9.55. The molecule has 0 aliphatic rings. The molecule has 0 aliphatic heterocycles. The average Bonchev–Trinajstić information content (AvgIpc) is 3.33. The Hall–Kier alpha value is -3.37. The predicted octanol–water partition coefficient (Wildman–Crippen LogP) is 3.59. The Kier molecular flexibility index (Phi) is 7.49. The van der Waals surface area contributed by atoms with Gasteiger partial charge in [0.2, 0.25) is 0 Å². The van der Waals surface area contributed by atoms with E-state index in [1.807, 2.05) is 24.4 Å². The van der Waals surface area contributed by atoms with Crippen LogP contribution in [0.15, 0.2) is 70.9 Å². The molecule has 3 rings (SSSR count). The van der Waals surface area contributed by atoms with E-state index in [4.69, 9.17) is 9.47 Å². The van der Waals surface area contributed by atoms with Gasteiger partial charge >= 0.3 is 5.97 Å². The summed E-state index contributed by atoms with van der Waals surface area (Å²) < 4.78 is 37.9. The number of sulfonamides is 1. The molecule has 2 N–H and O–H groups in total. The zero-order valence-electron chi connectivity index (χ0n) is 17.4. The van der Waals surface area contributed by atoms with Crippen molar-refractivity contribution in [1.29, 1.82) is 0 Å². The number of nitrogens with one attached hydrogen (secondary N) is 2. The monoisotopic (exact) mass is 474 g/mol. The molecule has 3 aromatic rings. The molecule has 168 valence electrons. The first-order chi connectivity index (χ1) is 15.3. The summed E-state index contributed by atoms with van der Waals surface area (Å²) in [7, 11) is -2.43. The van der Waals surface area contributed by atoms with E-state index in [1.54, 1.807) is 24.3 Å². The zero-order chi connectivity index (χ0) is 23.1. The van der Waals surface area contributed by atoms with Gasteiger partial charge < -0.3 is 14.8 Å². The Bertz CT molecular complexity index is 1180. The molecule has 1 heterocycles. The van der Waals surface area contributed by atoms with Crippen molar-refractivity contribution in [2.24, 2.45) is 0 Å². The van der Waals surface area contributed by atoms with E-state index in [9.17, 15) is 18.0 Å². The van der Waals surface area contributed by atoms with Gasteiger partial charge in [-0.15, -0.1) is 11.3 Å². The number of hydrogen-bond acceptors (Lipinski definition) is 7. The molecular weight excluding hydrogens is 452 g/mol. The zero-order valence-corrected chi connectivity index (χ0v) is 19.0. The number of thiophene rings is 1. The topological polar surface area (TPSA) is 111 Å². The van der Waals surface area contributed by atoms with Crippen molar-refractivity contribution in [2.75, 3.05) is 18.4 Å². The van der Waals surface area contributed by atoms with Gasteiger partial charge in [0.1, 0.15) is 5.75 Å². The van der Waals surface area contributed by atoms with Crippen molar-refractivity contribution in [3.63, 3.8) is 0 Å². The highest BCUT2D eigenvalue weighted by molar-refractivity contribution is 7.92. The molecule has 2 aromatic carbocycles. The van der Waals surface area contributed by atoms with Crippen molar-refractivity contribution >= 4 is 38.9 Å². The van der Waals surface area contributed by atoms with Crippen LogP contribution in [-0.4, -0.2) is 34.0 Å². The molecule has 1 amide bonds. The van der Waals surface area contributed by atoms with E-state index >= 15 is 0 Å². The Labute approximate surface area is 190 Å². The van der Waals surface area contributed by atoms with Crippen LogP contribution in [0.3, 0.4) is 0 Å². The summed E-state index contributed by atoms with van der Waals surface area (Å²) in [6.45, 7) is 1.35. The fourth-order valence-electron chi connectivity index (χ4n) is 2.77. The maximum Gasteiger partial charge on any atom is 0.338 e. The van der Waals surface area contributed by atoms with Gasteiger partial charge in [-0.3, -0.25) is 9.52 Å². The summed E-state index contributed by atoms with van der Waals surface area (Å²) in [5.74, 6) is -0.666. The summed E-state index contributed by atoms with van der Waals surface area (Å²) in [4.78, 5) is 25.3. The van der Waals surface area contributed by atoms with Crippen LogP contribution in [0.2, 0.25) is 0 Å². The van der Waals surface area contributed by atoms with Crippen LogP contribution in [0.1, 0.15) is 28.2 Å². The number of carbonyl (C=O) groups excluding carboxylic acids is 2. The Morgan fingerprint density at radius 3 is 2.47 bits per heavy atom. The number of amides is 1. The number of rotatable bonds is 9. The summed E-state index contributed by atoms with van der Waals surface area (Å²) in [6.07, 6.45) is 0. The first kappa shape index (κ1) is 23.3. The van der Waals surface area contributed by atoms with Crippen LogP contribution < -0.4 is 14.8 Å². The van der Waals surface area contributed by atoms with Crippen molar-refractivity contribution in [3.05, 3.63) is 76.5 Å². The van der Waals surface area contributed by atoms with E-state index in [1.165, 1.54) is 42.7 Å². The van der Waals surface area contributed by atoms with Crippen molar-refractivity contribution in [1.82, 2.24) is 5.32 Å². The Morgan fingerprint density at radius 2 is 1.81 bits per heavy atom. The molecule has 0 saturated carbocycles. The van der Waals surface area contributed by atoms with Crippen LogP contribution in [-0.2, 0) is 19.6 Å². The fraction of sp³-hybridized carbons (Fsp3) is 0.182. The van der Waals surface area contributed by atoms with E-state index in [-0.39, 0.29) is 16.5 Å². The van der Waals surface area contributed by atoms with Crippen molar-refractivity contribution in [2.45, 2.75) is 17.9 Å². The van der Waals surface area contributed by atoms with Crippen LogP contribution in [0, 0.1) is 0 Å². The van der Waals surface area contributed by atoms with Crippen molar-refractivity contribution < 1.29 is 27.5 Å². The second kappa shape index (κ2) is 10.3. The SMILES string of the molecule is COc1ccc(NS(=O)(=O)c2cccc(C(=O)OCC(=O)NC(C)c3cccs3)c2)cc1. The molecule has 10 heteroatoms. The predicted molar refractivity (Wildman–Crippen MR) is 121 cm³/mol. The third-order valence-electron chi connectivity index (χ3n) is 4.40. The fourth-order valence-corrected chi connectivity index (χ4v) is 4.61. The number of carbonyl (C=O) groups is 2. The summed E-state index contributed by atoms with van der Waals surface area (Å²) in [5, 5.41) is 4.64. The second-order valence-electron chi connectivity index (χ2n) is 6.74. The molecule has 0 aliphatic carbocycles. The van der Waals surface area contributed by atoms with Crippen LogP contribution in [0.5, 0.6) is 5.75 Å². The summed E-state index contributed by atoms with van der Waals surface area (Å²) in [5.41, 5.74) is 0.358. The Morgan fingerprint density at radius 1 is 1.06 bits per heavy atom. The van der Waals surface area contributed by atoms with E-state index < -0.39 is 28.5 Å². The first-order valence-corrected chi connectivity index (χ1v) is 11.9. The van der Waals surface area contributed by atoms with Gasteiger partial charge in [-0.25, -0.2) is 13.2 Å².